The molecule has 0 aliphatic rings. The average molecular weight is 284 g/mol. The van der Waals surface area contributed by atoms with Crippen LogP contribution in [0.4, 0.5) is 11.4 Å². The summed E-state index contributed by atoms with van der Waals surface area (Å²) in [6.45, 7) is 4.19. The third kappa shape index (κ3) is 4.24. The fraction of sp³-hybridized carbons (Fsp3) is 0.235. The number of carbonyl (C=O) groups excluding carboxylic acids is 1. The van der Waals surface area contributed by atoms with Crippen LogP contribution < -0.4 is 15.4 Å². The van der Waals surface area contributed by atoms with Crippen molar-refractivity contribution in [3.8, 4) is 5.75 Å². The van der Waals surface area contributed by atoms with Gasteiger partial charge in [0.2, 0.25) is 5.91 Å². The Kier molecular flexibility index (Phi) is 4.82. The highest BCUT2D eigenvalue weighted by molar-refractivity contribution is 5.93. The van der Waals surface area contributed by atoms with Crippen molar-refractivity contribution in [2.75, 3.05) is 24.3 Å². The first-order valence-electron chi connectivity index (χ1n) is 6.83. The molecule has 4 nitrogen and oxygen atoms in total. The highest BCUT2D eigenvalue weighted by Crippen LogP contribution is 2.21. The summed E-state index contributed by atoms with van der Waals surface area (Å²) in [5, 5.41) is 5.97. The van der Waals surface area contributed by atoms with Crippen molar-refractivity contribution in [3.05, 3.63) is 53.6 Å². The third-order valence-electron chi connectivity index (χ3n) is 3.15. The van der Waals surface area contributed by atoms with Crippen LogP contribution in [0.5, 0.6) is 5.75 Å². The van der Waals surface area contributed by atoms with Crippen molar-refractivity contribution in [3.63, 3.8) is 0 Å². The van der Waals surface area contributed by atoms with Gasteiger partial charge >= 0.3 is 0 Å². The Labute approximate surface area is 125 Å². The molecule has 110 valence electrons. The summed E-state index contributed by atoms with van der Waals surface area (Å²) in [6, 6.07) is 13.5. The van der Waals surface area contributed by atoms with Gasteiger partial charge in [0, 0.05) is 11.4 Å². The molecule has 0 fully saturated rings. The third-order valence-corrected chi connectivity index (χ3v) is 3.15. The second kappa shape index (κ2) is 6.79. The molecule has 0 heterocycles. The van der Waals surface area contributed by atoms with Gasteiger partial charge in [0.25, 0.3) is 0 Å². The Hall–Kier alpha value is -2.49. The zero-order chi connectivity index (χ0) is 15.2. The van der Waals surface area contributed by atoms with Crippen LogP contribution in [0.15, 0.2) is 42.5 Å². The number of benzene rings is 2. The molecule has 1 amide bonds. The van der Waals surface area contributed by atoms with Gasteiger partial charge < -0.3 is 15.4 Å². The minimum absolute atomic E-state index is 0.0749. The number of ether oxygens (including phenoxy) is 1. The van der Waals surface area contributed by atoms with Crippen LogP contribution in [0.25, 0.3) is 0 Å². The van der Waals surface area contributed by atoms with E-state index >= 15 is 0 Å². The van der Waals surface area contributed by atoms with Crippen LogP contribution in [-0.2, 0) is 4.79 Å². The Morgan fingerprint density at radius 2 is 1.90 bits per heavy atom. The van der Waals surface area contributed by atoms with E-state index in [4.69, 9.17) is 4.74 Å². The molecule has 0 bridgehead atoms. The number of nitrogens with one attached hydrogen (secondary N) is 2. The number of hydrogen-bond donors (Lipinski definition) is 2. The van der Waals surface area contributed by atoms with Crippen molar-refractivity contribution in [1.29, 1.82) is 0 Å². The number of carbonyl (C=O) groups is 1. The lowest BCUT2D eigenvalue weighted by atomic mass is 10.2. The average Bonchev–Trinajstić information content (AvgIpc) is 2.45. The molecule has 2 N–H and O–H groups in total. The van der Waals surface area contributed by atoms with Crippen LogP contribution in [0.3, 0.4) is 0 Å². The van der Waals surface area contributed by atoms with Gasteiger partial charge in [0.1, 0.15) is 5.75 Å². The highest BCUT2D eigenvalue weighted by Gasteiger charge is 2.04. The predicted octanol–water partition coefficient (Wildman–Crippen LogP) is 3.36. The number of amides is 1. The molecule has 0 aliphatic carbocycles. The summed E-state index contributed by atoms with van der Waals surface area (Å²) in [7, 11) is 1.64. The zero-order valence-corrected chi connectivity index (χ0v) is 12.6. The van der Waals surface area contributed by atoms with Gasteiger partial charge in [0.05, 0.1) is 13.7 Å². The summed E-state index contributed by atoms with van der Waals surface area (Å²) < 4.78 is 5.21. The molecule has 0 radical (unpaired) electrons. The minimum atomic E-state index is -0.0749. The maximum absolute atomic E-state index is 11.9. The lowest BCUT2D eigenvalue weighted by molar-refractivity contribution is -0.114. The van der Waals surface area contributed by atoms with E-state index in [9.17, 15) is 4.79 Å². The summed E-state index contributed by atoms with van der Waals surface area (Å²) in [5.41, 5.74) is 3.86. The van der Waals surface area contributed by atoms with E-state index < -0.39 is 0 Å². The quantitative estimate of drug-likeness (QED) is 0.885. The molecule has 0 atom stereocenters. The van der Waals surface area contributed by atoms with Crippen LogP contribution in [0, 0.1) is 13.8 Å². The Bertz CT molecular complexity index is 638. The van der Waals surface area contributed by atoms with E-state index in [-0.39, 0.29) is 12.5 Å². The van der Waals surface area contributed by atoms with Crippen LogP contribution in [0.1, 0.15) is 11.1 Å². The maximum atomic E-state index is 11.9. The zero-order valence-electron chi connectivity index (χ0n) is 12.6. The van der Waals surface area contributed by atoms with Gasteiger partial charge in [-0.1, -0.05) is 12.1 Å². The lowest BCUT2D eigenvalue weighted by Crippen LogP contribution is -2.21. The molecular weight excluding hydrogens is 264 g/mol. The Balaban J connectivity index is 1.90. The molecular formula is C17H20N2O2. The summed E-state index contributed by atoms with van der Waals surface area (Å²) in [5.74, 6) is 0.763. The van der Waals surface area contributed by atoms with Crippen molar-refractivity contribution in [1.82, 2.24) is 0 Å². The van der Waals surface area contributed by atoms with E-state index in [0.717, 1.165) is 28.3 Å². The van der Waals surface area contributed by atoms with Crippen molar-refractivity contribution in [2.45, 2.75) is 13.8 Å². The number of hydrogen-bond acceptors (Lipinski definition) is 3. The first-order valence-corrected chi connectivity index (χ1v) is 6.83. The standard InChI is InChI=1S/C17H20N2O2/c1-12-5-4-6-15(9-12)19-17(20)11-18-14-7-8-16(21-3)13(2)10-14/h4-10,18H,11H2,1-3H3,(H,19,20). The van der Waals surface area contributed by atoms with Gasteiger partial charge in [-0.15, -0.1) is 0 Å². The molecule has 0 aliphatic heterocycles. The molecule has 0 spiro atoms. The second-order valence-corrected chi connectivity index (χ2v) is 4.96. The molecule has 2 rings (SSSR count). The van der Waals surface area contributed by atoms with Crippen LogP contribution in [-0.4, -0.2) is 19.6 Å². The lowest BCUT2D eigenvalue weighted by Gasteiger charge is -2.10. The monoisotopic (exact) mass is 284 g/mol. The Morgan fingerprint density at radius 1 is 1.10 bits per heavy atom. The fourth-order valence-electron chi connectivity index (χ4n) is 2.10. The van der Waals surface area contributed by atoms with E-state index in [0.29, 0.717) is 0 Å². The van der Waals surface area contributed by atoms with Gasteiger partial charge in [-0.25, -0.2) is 0 Å². The first-order chi connectivity index (χ1) is 10.1. The normalized spacial score (nSPS) is 10.0. The molecule has 0 saturated heterocycles. The van der Waals surface area contributed by atoms with E-state index in [2.05, 4.69) is 10.6 Å². The molecule has 21 heavy (non-hydrogen) atoms. The smallest absolute Gasteiger partial charge is 0.243 e. The van der Waals surface area contributed by atoms with Crippen molar-refractivity contribution >= 4 is 17.3 Å². The summed E-state index contributed by atoms with van der Waals surface area (Å²) in [6.07, 6.45) is 0. The van der Waals surface area contributed by atoms with Gasteiger partial charge in [-0.3, -0.25) is 4.79 Å². The van der Waals surface area contributed by atoms with E-state index in [1.165, 1.54) is 0 Å². The number of aryl methyl sites for hydroxylation is 2. The first kappa shape index (κ1) is 14.9. The van der Waals surface area contributed by atoms with E-state index in [1.54, 1.807) is 7.11 Å². The molecule has 2 aromatic rings. The summed E-state index contributed by atoms with van der Waals surface area (Å²) in [4.78, 5) is 11.9. The number of rotatable bonds is 5. The molecule has 0 unspecified atom stereocenters. The van der Waals surface area contributed by atoms with Crippen molar-refractivity contribution in [2.24, 2.45) is 0 Å². The highest BCUT2D eigenvalue weighted by atomic mass is 16.5. The predicted molar refractivity (Wildman–Crippen MR) is 86.0 cm³/mol. The molecule has 0 aromatic heterocycles. The number of methoxy groups -OCH3 is 1. The van der Waals surface area contributed by atoms with Crippen molar-refractivity contribution < 1.29 is 9.53 Å². The summed E-state index contributed by atoms with van der Waals surface area (Å²) >= 11 is 0. The SMILES string of the molecule is COc1ccc(NCC(=O)Nc2cccc(C)c2)cc1C. The topological polar surface area (TPSA) is 50.4 Å². The largest absolute Gasteiger partial charge is 0.496 e. The Morgan fingerprint density at radius 3 is 2.57 bits per heavy atom. The second-order valence-electron chi connectivity index (χ2n) is 4.96. The van der Waals surface area contributed by atoms with Gasteiger partial charge in [-0.05, 0) is 55.3 Å². The maximum Gasteiger partial charge on any atom is 0.243 e. The van der Waals surface area contributed by atoms with Crippen LogP contribution in [0.2, 0.25) is 0 Å². The number of anilines is 2. The molecule has 0 saturated carbocycles. The molecule has 2 aromatic carbocycles. The fourth-order valence-corrected chi connectivity index (χ4v) is 2.10. The molecule has 4 heteroatoms. The van der Waals surface area contributed by atoms with Gasteiger partial charge in [0.15, 0.2) is 0 Å². The minimum Gasteiger partial charge on any atom is -0.496 e. The van der Waals surface area contributed by atoms with Gasteiger partial charge in [-0.2, -0.15) is 0 Å². The van der Waals surface area contributed by atoms with Crippen LogP contribution >= 0.6 is 0 Å². The van der Waals surface area contributed by atoms with E-state index in [1.807, 2.05) is 56.3 Å².